The number of nitrogen functional groups attached to an aromatic ring is 1. The number of aromatic nitrogens is 1. The summed E-state index contributed by atoms with van der Waals surface area (Å²) in [5.41, 5.74) is 7.28. The Morgan fingerprint density at radius 2 is 2.14 bits per heavy atom. The summed E-state index contributed by atoms with van der Waals surface area (Å²) in [7, 11) is 0. The van der Waals surface area contributed by atoms with E-state index in [0.717, 1.165) is 16.7 Å². The summed E-state index contributed by atoms with van der Waals surface area (Å²) < 4.78 is 10.6. The summed E-state index contributed by atoms with van der Waals surface area (Å²) in [6.07, 6.45) is 1.67. The predicted octanol–water partition coefficient (Wildman–Crippen LogP) is 1.55. The van der Waals surface area contributed by atoms with E-state index in [0.29, 0.717) is 11.4 Å². The zero-order chi connectivity index (χ0) is 9.54. The highest BCUT2D eigenvalue weighted by atomic mass is 16.7. The molecule has 4 nitrogen and oxygen atoms in total. The van der Waals surface area contributed by atoms with Crippen LogP contribution in [-0.2, 0) is 0 Å². The molecular weight excluding hydrogens is 180 g/mol. The van der Waals surface area contributed by atoms with Crippen LogP contribution < -0.4 is 15.2 Å². The molecule has 0 saturated heterocycles. The van der Waals surface area contributed by atoms with Gasteiger partial charge in [0.1, 0.15) is 5.52 Å². The van der Waals surface area contributed by atoms with E-state index in [1.807, 2.05) is 12.1 Å². The molecule has 0 radical (unpaired) electrons. The maximum absolute atomic E-state index is 5.81. The molecule has 1 aliphatic heterocycles. The van der Waals surface area contributed by atoms with Gasteiger partial charge in [-0.1, -0.05) is 0 Å². The molecule has 2 aromatic rings. The smallest absolute Gasteiger partial charge is 0.231 e. The van der Waals surface area contributed by atoms with Gasteiger partial charge in [0.15, 0.2) is 11.5 Å². The van der Waals surface area contributed by atoms with Crippen molar-refractivity contribution in [3.63, 3.8) is 0 Å². The highest BCUT2D eigenvalue weighted by Gasteiger charge is 2.17. The van der Waals surface area contributed by atoms with Crippen LogP contribution in [0.2, 0.25) is 0 Å². The van der Waals surface area contributed by atoms with E-state index in [9.17, 15) is 0 Å². The van der Waals surface area contributed by atoms with Crippen LogP contribution in [-0.4, -0.2) is 11.8 Å². The van der Waals surface area contributed by atoms with Crippen LogP contribution in [0.4, 0.5) is 5.69 Å². The molecule has 2 heterocycles. The van der Waals surface area contributed by atoms with Gasteiger partial charge in [0.25, 0.3) is 0 Å². The van der Waals surface area contributed by atoms with E-state index in [1.165, 1.54) is 0 Å². The molecule has 1 aromatic heterocycles. The lowest BCUT2D eigenvalue weighted by atomic mass is 10.1. The third-order valence-corrected chi connectivity index (χ3v) is 2.28. The van der Waals surface area contributed by atoms with Gasteiger partial charge >= 0.3 is 0 Å². The number of hydrogen-bond donors (Lipinski definition) is 1. The van der Waals surface area contributed by atoms with Crippen molar-refractivity contribution in [2.45, 2.75) is 0 Å². The first-order chi connectivity index (χ1) is 6.86. The van der Waals surface area contributed by atoms with Gasteiger partial charge in [-0.2, -0.15) is 0 Å². The maximum atomic E-state index is 5.81. The van der Waals surface area contributed by atoms with Crippen molar-refractivity contribution in [2.24, 2.45) is 0 Å². The standard InChI is InChI=1S/C10H8N2O2/c11-7-3-4-12-9-6(7)1-2-8-10(9)14-5-13-8/h1-4H,5H2,(H2,11,12). The van der Waals surface area contributed by atoms with E-state index in [1.54, 1.807) is 12.3 Å². The summed E-state index contributed by atoms with van der Waals surface area (Å²) in [6.45, 7) is 0.255. The molecule has 4 heteroatoms. The predicted molar refractivity (Wildman–Crippen MR) is 52.3 cm³/mol. The van der Waals surface area contributed by atoms with E-state index in [4.69, 9.17) is 15.2 Å². The monoisotopic (exact) mass is 188 g/mol. The maximum Gasteiger partial charge on any atom is 0.231 e. The molecule has 0 spiro atoms. The Morgan fingerprint density at radius 1 is 1.21 bits per heavy atom. The van der Waals surface area contributed by atoms with Crippen LogP contribution in [0, 0.1) is 0 Å². The molecule has 1 aromatic carbocycles. The third kappa shape index (κ3) is 0.849. The SMILES string of the molecule is Nc1ccnc2c3c(ccc12)OCO3. The van der Waals surface area contributed by atoms with Gasteiger partial charge in [-0.15, -0.1) is 0 Å². The molecule has 3 rings (SSSR count). The van der Waals surface area contributed by atoms with Crippen LogP contribution in [0.1, 0.15) is 0 Å². The van der Waals surface area contributed by atoms with Crippen LogP contribution >= 0.6 is 0 Å². The first-order valence-electron chi connectivity index (χ1n) is 4.29. The Hall–Kier alpha value is -1.97. The minimum atomic E-state index is 0.255. The molecule has 0 atom stereocenters. The summed E-state index contributed by atoms with van der Waals surface area (Å²) in [5.74, 6) is 1.42. The molecule has 2 N–H and O–H groups in total. The van der Waals surface area contributed by atoms with Crippen LogP contribution in [0.3, 0.4) is 0 Å². The highest BCUT2D eigenvalue weighted by Crippen LogP contribution is 2.39. The van der Waals surface area contributed by atoms with Gasteiger partial charge in [-0.3, -0.25) is 4.98 Å². The zero-order valence-electron chi connectivity index (χ0n) is 7.36. The lowest BCUT2D eigenvalue weighted by molar-refractivity contribution is 0.174. The number of nitrogens with two attached hydrogens (primary N) is 1. The summed E-state index contributed by atoms with van der Waals surface area (Å²) in [4.78, 5) is 4.23. The molecule has 0 bridgehead atoms. The second kappa shape index (κ2) is 2.51. The number of anilines is 1. The van der Waals surface area contributed by atoms with Crippen LogP contribution in [0.15, 0.2) is 24.4 Å². The van der Waals surface area contributed by atoms with Crippen molar-refractivity contribution < 1.29 is 9.47 Å². The number of nitrogens with zero attached hydrogens (tertiary/aromatic N) is 1. The van der Waals surface area contributed by atoms with E-state index in [-0.39, 0.29) is 6.79 Å². The molecule has 0 amide bonds. The lowest BCUT2D eigenvalue weighted by Crippen LogP contribution is -1.93. The van der Waals surface area contributed by atoms with Crippen molar-refractivity contribution >= 4 is 16.6 Å². The lowest BCUT2D eigenvalue weighted by Gasteiger charge is -2.03. The van der Waals surface area contributed by atoms with Crippen LogP contribution in [0.5, 0.6) is 11.5 Å². The topological polar surface area (TPSA) is 57.4 Å². The summed E-state index contributed by atoms with van der Waals surface area (Å²) in [5, 5.41) is 0.900. The first kappa shape index (κ1) is 7.44. The molecular formula is C10H8N2O2. The molecule has 0 saturated carbocycles. The summed E-state index contributed by atoms with van der Waals surface area (Å²) in [6, 6.07) is 5.51. The van der Waals surface area contributed by atoms with Gasteiger partial charge < -0.3 is 15.2 Å². The second-order valence-electron chi connectivity index (χ2n) is 3.10. The summed E-state index contributed by atoms with van der Waals surface area (Å²) >= 11 is 0. The Balaban J connectivity index is 2.44. The fraction of sp³-hybridized carbons (Fsp3) is 0.100. The minimum absolute atomic E-state index is 0.255. The molecule has 70 valence electrons. The number of fused-ring (bicyclic) bond motifs is 3. The fourth-order valence-corrected chi connectivity index (χ4v) is 1.60. The van der Waals surface area contributed by atoms with Gasteiger partial charge in [-0.25, -0.2) is 0 Å². The Labute approximate surface area is 80.3 Å². The average molecular weight is 188 g/mol. The Kier molecular flexibility index (Phi) is 1.33. The van der Waals surface area contributed by atoms with Gasteiger partial charge in [0.2, 0.25) is 6.79 Å². The van der Waals surface area contributed by atoms with Crippen molar-refractivity contribution in [1.29, 1.82) is 0 Å². The number of benzene rings is 1. The number of ether oxygens (including phenoxy) is 2. The van der Waals surface area contributed by atoms with Crippen LogP contribution in [0.25, 0.3) is 10.9 Å². The van der Waals surface area contributed by atoms with Gasteiger partial charge in [0, 0.05) is 17.3 Å². The second-order valence-corrected chi connectivity index (χ2v) is 3.10. The van der Waals surface area contributed by atoms with Gasteiger partial charge in [-0.05, 0) is 18.2 Å². The molecule has 1 aliphatic rings. The van der Waals surface area contributed by atoms with E-state index < -0.39 is 0 Å². The fourth-order valence-electron chi connectivity index (χ4n) is 1.60. The van der Waals surface area contributed by atoms with Crippen molar-refractivity contribution in [3.05, 3.63) is 24.4 Å². The van der Waals surface area contributed by atoms with Gasteiger partial charge in [0.05, 0.1) is 0 Å². The minimum Gasteiger partial charge on any atom is -0.454 e. The van der Waals surface area contributed by atoms with Crippen molar-refractivity contribution in [3.8, 4) is 11.5 Å². The quantitative estimate of drug-likeness (QED) is 0.681. The number of rotatable bonds is 0. The molecule has 0 aliphatic carbocycles. The van der Waals surface area contributed by atoms with Crippen molar-refractivity contribution in [1.82, 2.24) is 4.98 Å². The Morgan fingerprint density at radius 3 is 3.07 bits per heavy atom. The average Bonchev–Trinajstić information content (AvgIpc) is 2.66. The number of pyridine rings is 1. The highest BCUT2D eigenvalue weighted by molar-refractivity contribution is 5.95. The molecule has 14 heavy (non-hydrogen) atoms. The molecule has 0 fully saturated rings. The largest absolute Gasteiger partial charge is 0.454 e. The van der Waals surface area contributed by atoms with E-state index in [2.05, 4.69) is 4.98 Å². The molecule has 0 unspecified atom stereocenters. The number of hydrogen-bond acceptors (Lipinski definition) is 4. The zero-order valence-corrected chi connectivity index (χ0v) is 7.36. The normalized spacial score (nSPS) is 13.4. The van der Waals surface area contributed by atoms with E-state index >= 15 is 0 Å². The third-order valence-electron chi connectivity index (χ3n) is 2.28. The Bertz CT molecular complexity index is 511. The van der Waals surface area contributed by atoms with Crippen molar-refractivity contribution in [2.75, 3.05) is 12.5 Å². The first-order valence-corrected chi connectivity index (χ1v) is 4.29.